The molecule has 1 aliphatic carbocycles. The first-order valence-corrected chi connectivity index (χ1v) is 7.84. The van der Waals surface area contributed by atoms with E-state index in [1.165, 1.54) is 11.1 Å². The minimum Gasteiger partial charge on any atom is -0.493 e. The molecule has 19 heavy (non-hydrogen) atoms. The van der Waals surface area contributed by atoms with Crippen LogP contribution in [0.1, 0.15) is 30.4 Å². The molecule has 0 amide bonds. The average Bonchev–Trinajstić information content (AvgIpc) is 2.98. The molecule has 1 saturated carbocycles. The Morgan fingerprint density at radius 1 is 1.37 bits per heavy atom. The Balaban J connectivity index is 1.58. The maximum atomic E-state index is 9.53. The Kier molecular flexibility index (Phi) is 4.10. The van der Waals surface area contributed by atoms with Gasteiger partial charge in [0, 0.05) is 23.0 Å². The lowest BCUT2D eigenvalue weighted by Crippen LogP contribution is -2.21. The molecule has 3 nitrogen and oxygen atoms in total. The van der Waals surface area contributed by atoms with Crippen molar-refractivity contribution < 1.29 is 9.84 Å². The van der Waals surface area contributed by atoms with Gasteiger partial charge in [0.25, 0.3) is 0 Å². The summed E-state index contributed by atoms with van der Waals surface area (Å²) < 4.78 is 6.85. The Morgan fingerprint density at radius 2 is 2.26 bits per heavy atom. The van der Waals surface area contributed by atoms with Crippen molar-refractivity contribution in [3.63, 3.8) is 0 Å². The van der Waals surface area contributed by atoms with E-state index in [1.54, 1.807) is 0 Å². The lowest BCUT2D eigenvalue weighted by molar-refractivity contribution is 0.177. The number of fused-ring (bicyclic) bond motifs is 1. The molecule has 2 aliphatic rings. The van der Waals surface area contributed by atoms with E-state index in [0.717, 1.165) is 55.6 Å². The van der Waals surface area contributed by atoms with Crippen molar-refractivity contribution in [2.45, 2.75) is 38.3 Å². The summed E-state index contributed by atoms with van der Waals surface area (Å²) in [4.78, 5) is 0. The topological polar surface area (TPSA) is 41.5 Å². The summed E-state index contributed by atoms with van der Waals surface area (Å²) in [6.45, 7) is 2.63. The van der Waals surface area contributed by atoms with Crippen LogP contribution in [0.4, 0.5) is 0 Å². The van der Waals surface area contributed by atoms with E-state index in [1.807, 2.05) is 0 Å². The minimum atomic E-state index is -0.0785. The highest BCUT2D eigenvalue weighted by molar-refractivity contribution is 9.10. The molecule has 0 radical (unpaired) electrons. The van der Waals surface area contributed by atoms with E-state index in [-0.39, 0.29) is 6.10 Å². The summed E-state index contributed by atoms with van der Waals surface area (Å²) in [6.07, 6.45) is 3.98. The first kappa shape index (κ1) is 13.4. The van der Waals surface area contributed by atoms with Crippen molar-refractivity contribution in [1.29, 1.82) is 0 Å². The fraction of sp³-hybridized carbons (Fsp3) is 0.600. The quantitative estimate of drug-likeness (QED) is 0.894. The molecule has 0 spiro atoms. The third-order valence-electron chi connectivity index (χ3n) is 4.09. The van der Waals surface area contributed by atoms with E-state index >= 15 is 0 Å². The van der Waals surface area contributed by atoms with E-state index < -0.39 is 0 Å². The van der Waals surface area contributed by atoms with Crippen LogP contribution in [0.25, 0.3) is 0 Å². The van der Waals surface area contributed by atoms with Crippen molar-refractivity contribution in [3.8, 4) is 5.75 Å². The van der Waals surface area contributed by atoms with E-state index in [2.05, 4.69) is 33.4 Å². The highest BCUT2D eigenvalue weighted by atomic mass is 79.9. The third kappa shape index (κ3) is 3.12. The van der Waals surface area contributed by atoms with Gasteiger partial charge < -0.3 is 15.2 Å². The Hall–Kier alpha value is -0.580. The van der Waals surface area contributed by atoms with Gasteiger partial charge in [-0.05, 0) is 49.4 Å². The molecule has 3 rings (SSSR count). The monoisotopic (exact) mass is 325 g/mol. The lowest BCUT2D eigenvalue weighted by atomic mass is 10.1. The number of ether oxygens (including phenoxy) is 1. The van der Waals surface area contributed by atoms with E-state index in [4.69, 9.17) is 4.74 Å². The van der Waals surface area contributed by atoms with Gasteiger partial charge in [-0.1, -0.05) is 15.9 Å². The largest absolute Gasteiger partial charge is 0.493 e. The molecule has 2 N–H and O–H groups in total. The normalized spacial score (nSPS) is 25.4. The second-order valence-electron chi connectivity index (χ2n) is 5.62. The molecule has 1 fully saturated rings. The molecule has 104 valence electrons. The molecule has 1 aliphatic heterocycles. The lowest BCUT2D eigenvalue weighted by Gasteiger charge is -2.13. The Labute approximate surface area is 122 Å². The van der Waals surface area contributed by atoms with Crippen LogP contribution in [0.3, 0.4) is 0 Å². The van der Waals surface area contributed by atoms with Gasteiger partial charge in [-0.25, -0.2) is 0 Å². The van der Waals surface area contributed by atoms with Crippen LogP contribution in [0.5, 0.6) is 5.75 Å². The summed E-state index contributed by atoms with van der Waals surface area (Å²) >= 11 is 3.57. The summed E-state index contributed by atoms with van der Waals surface area (Å²) in [6, 6.07) is 4.29. The molecule has 0 bridgehead atoms. The smallest absolute Gasteiger partial charge is 0.127 e. The average molecular weight is 326 g/mol. The van der Waals surface area contributed by atoms with Crippen molar-refractivity contribution in [2.75, 3.05) is 13.2 Å². The van der Waals surface area contributed by atoms with Crippen molar-refractivity contribution >= 4 is 15.9 Å². The van der Waals surface area contributed by atoms with Gasteiger partial charge in [0.05, 0.1) is 12.7 Å². The van der Waals surface area contributed by atoms with Gasteiger partial charge in [0.15, 0.2) is 0 Å². The number of rotatable bonds is 4. The van der Waals surface area contributed by atoms with Crippen LogP contribution in [-0.2, 0) is 13.0 Å². The van der Waals surface area contributed by atoms with Crippen molar-refractivity contribution in [2.24, 2.45) is 5.92 Å². The maximum Gasteiger partial charge on any atom is 0.127 e. The highest BCUT2D eigenvalue weighted by Crippen LogP contribution is 2.33. The first-order chi connectivity index (χ1) is 9.22. The van der Waals surface area contributed by atoms with Crippen LogP contribution in [0, 0.1) is 5.92 Å². The van der Waals surface area contributed by atoms with Gasteiger partial charge in [0.1, 0.15) is 5.75 Å². The number of aliphatic hydroxyl groups is 1. The van der Waals surface area contributed by atoms with E-state index in [0.29, 0.717) is 5.92 Å². The zero-order chi connectivity index (χ0) is 13.2. The molecular weight excluding hydrogens is 306 g/mol. The number of hydrogen-bond acceptors (Lipinski definition) is 3. The number of hydrogen-bond donors (Lipinski definition) is 2. The minimum absolute atomic E-state index is 0.0785. The van der Waals surface area contributed by atoms with Crippen molar-refractivity contribution in [1.82, 2.24) is 5.32 Å². The summed E-state index contributed by atoms with van der Waals surface area (Å²) in [5, 5.41) is 13.0. The molecule has 2 unspecified atom stereocenters. The number of nitrogens with one attached hydrogen (secondary N) is 1. The molecule has 0 aromatic heterocycles. The predicted octanol–water partition coefficient (Wildman–Crippen LogP) is 2.63. The SMILES string of the molecule is OC1CCC(CNCc2cc(Br)cc3c2OCC3)C1. The van der Waals surface area contributed by atoms with E-state index in [9.17, 15) is 5.11 Å². The third-order valence-corrected chi connectivity index (χ3v) is 4.55. The zero-order valence-electron chi connectivity index (χ0n) is 11.0. The molecule has 2 atom stereocenters. The molecule has 1 heterocycles. The van der Waals surface area contributed by atoms with Crippen LogP contribution >= 0.6 is 15.9 Å². The standard InChI is InChI=1S/C15H20BrNO2/c16-13-6-11-3-4-19-15(11)12(7-13)9-17-8-10-1-2-14(18)5-10/h6-7,10,14,17-18H,1-5,8-9H2. The first-order valence-electron chi connectivity index (χ1n) is 7.05. The molecule has 1 aromatic rings. The fourth-order valence-electron chi connectivity index (χ4n) is 3.12. The second kappa shape index (κ2) is 5.81. The van der Waals surface area contributed by atoms with Crippen LogP contribution in [-0.4, -0.2) is 24.4 Å². The summed E-state index contributed by atoms with van der Waals surface area (Å²) in [5.74, 6) is 1.69. The van der Waals surface area contributed by atoms with Gasteiger partial charge in [-0.3, -0.25) is 0 Å². The Bertz CT molecular complexity index is 464. The fourth-order valence-corrected chi connectivity index (χ4v) is 3.67. The number of aliphatic hydroxyl groups excluding tert-OH is 1. The zero-order valence-corrected chi connectivity index (χ0v) is 12.6. The summed E-state index contributed by atoms with van der Waals surface area (Å²) in [7, 11) is 0. The predicted molar refractivity (Wildman–Crippen MR) is 78.4 cm³/mol. The molecule has 4 heteroatoms. The van der Waals surface area contributed by atoms with Crippen molar-refractivity contribution in [3.05, 3.63) is 27.7 Å². The van der Waals surface area contributed by atoms with Gasteiger partial charge >= 0.3 is 0 Å². The summed E-state index contributed by atoms with van der Waals surface area (Å²) in [5.41, 5.74) is 2.54. The number of benzene rings is 1. The second-order valence-corrected chi connectivity index (χ2v) is 6.53. The van der Waals surface area contributed by atoms with Gasteiger partial charge in [0.2, 0.25) is 0 Å². The van der Waals surface area contributed by atoms with Crippen LogP contribution < -0.4 is 10.1 Å². The molecule has 0 saturated heterocycles. The number of halogens is 1. The Morgan fingerprint density at radius 3 is 3.05 bits per heavy atom. The van der Waals surface area contributed by atoms with Crippen LogP contribution in [0.2, 0.25) is 0 Å². The molecular formula is C15H20BrNO2. The maximum absolute atomic E-state index is 9.53. The molecule has 1 aromatic carbocycles. The van der Waals surface area contributed by atoms with Gasteiger partial charge in [-0.15, -0.1) is 0 Å². The van der Waals surface area contributed by atoms with Crippen LogP contribution in [0.15, 0.2) is 16.6 Å². The highest BCUT2D eigenvalue weighted by Gasteiger charge is 2.22. The van der Waals surface area contributed by atoms with Gasteiger partial charge in [-0.2, -0.15) is 0 Å².